The highest BCUT2D eigenvalue weighted by Crippen LogP contribution is 2.36. The molecule has 0 N–H and O–H groups in total. The Balaban J connectivity index is 1.38. The minimum atomic E-state index is 0.586. The van der Waals surface area contributed by atoms with Gasteiger partial charge in [0.15, 0.2) is 0 Å². The van der Waals surface area contributed by atoms with E-state index in [1.54, 1.807) is 0 Å². The molecule has 0 heterocycles. The summed E-state index contributed by atoms with van der Waals surface area (Å²) in [6, 6.07) is 8.84. The molecule has 158 valence electrons. The first-order valence-corrected chi connectivity index (χ1v) is 12.2. The Bertz CT molecular complexity index is 659. The van der Waals surface area contributed by atoms with Crippen LogP contribution in [0.3, 0.4) is 0 Å². The Morgan fingerprint density at radius 3 is 2.31 bits per heavy atom. The van der Waals surface area contributed by atoms with Crippen LogP contribution in [0.1, 0.15) is 96.0 Å². The largest absolute Gasteiger partial charge is 0.494 e. The van der Waals surface area contributed by atoms with Gasteiger partial charge in [0.25, 0.3) is 0 Å². The monoisotopic (exact) mass is 392 g/mol. The molecule has 29 heavy (non-hydrogen) atoms. The normalized spacial score (nSPS) is 27.4. The average molecular weight is 393 g/mol. The molecule has 2 aliphatic carbocycles. The minimum Gasteiger partial charge on any atom is -0.494 e. The van der Waals surface area contributed by atoms with Crippen molar-refractivity contribution in [1.29, 1.82) is 0 Å². The number of hydrogen-bond acceptors (Lipinski definition) is 1. The highest BCUT2D eigenvalue weighted by molar-refractivity contribution is 5.30. The molecule has 1 aromatic carbocycles. The Morgan fingerprint density at radius 2 is 1.66 bits per heavy atom. The van der Waals surface area contributed by atoms with E-state index in [0.717, 1.165) is 30.6 Å². The van der Waals surface area contributed by atoms with Gasteiger partial charge in [0.2, 0.25) is 0 Å². The maximum absolute atomic E-state index is 5.79. The van der Waals surface area contributed by atoms with Crippen LogP contribution in [0.5, 0.6) is 5.75 Å². The van der Waals surface area contributed by atoms with Gasteiger partial charge in [-0.3, -0.25) is 0 Å². The van der Waals surface area contributed by atoms with Crippen LogP contribution >= 0.6 is 0 Å². The SMILES string of the molecule is CCCCOc1ccc(C2CCC(C#CC=CC3CCC(CC)CC3)CC2)cc1. The number of allylic oxidation sites excluding steroid dienone is 2. The summed E-state index contributed by atoms with van der Waals surface area (Å²) in [7, 11) is 0. The van der Waals surface area contributed by atoms with Crippen molar-refractivity contribution in [2.45, 2.75) is 90.4 Å². The van der Waals surface area contributed by atoms with Gasteiger partial charge >= 0.3 is 0 Å². The summed E-state index contributed by atoms with van der Waals surface area (Å²) in [6.45, 7) is 5.36. The first-order valence-electron chi connectivity index (χ1n) is 12.2. The third-order valence-electron chi connectivity index (χ3n) is 7.05. The Morgan fingerprint density at radius 1 is 0.931 bits per heavy atom. The Kier molecular flexibility index (Phi) is 9.20. The van der Waals surface area contributed by atoms with E-state index in [0.29, 0.717) is 11.8 Å². The van der Waals surface area contributed by atoms with Crippen LogP contribution in [0.25, 0.3) is 0 Å². The third-order valence-corrected chi connectivity index (χ3v) is 7.05. The summed E-state index contributed by atoms with van der Waals surface area (Å²) >= 11 is 0. The molecule has 0 atom stereocenters. The zero-order chi connectivity index (χ0) is 20.3. The van der Waals surface area contributed by atoms with Gasteiger partial charge in [-0.1, -0.05) is 56.7 Å². The third kappa shape index (κ3) is 7.26. The van der Waals surface area contributed by atoms with Crippen molar-refractivity contribution >= 4 is 0 Å². The molecule has 0 amide bonds. The van der Waals surface area contributed by atoms with Gasteiger partial charge in [-0.15, -0.1) is 0 Å². The van der Waals surface area contributed by atoms with Gasteiger partial charge < -0.3 is 4.74 Å². The smallest absolute Gasteiger partial charge is 0.119 e. The molecule has 3 rings (SSSR count). The summed E-state index contributed by atoms with van der Waals surface area (Å²) in [6.07, 6.45) is 18.8. The van der Waals surface area contributed by atoms with Crippen molar-refractivity contribution < 1.29 is 4.74 Å². The van der Waals surface area contributed by atoms with Crippen LogP contribution < -0.4 is 4.74 Å². The number of rotatable bonds is 7. The summed E-state index contributed by atoms with van der Waals surface area (Å²) in [5.74, 6) is 10.9. The lowest BCUT2D eigenvalue weighted by atomic mass is 9.79. The molecule has 1 nitrogen and oxygen atoms in total. The van der Waals surface area contributed by atoms with E-state index in [9.17, 15) is 0 Å². The maximum atomic E-state index is 5.79. The fourth-order valence-corrected chi connectivity index (χ4v) is 4.88. The van der Waals surface area contributed by atoms with E-state index in [1.165, 1.54) is 69.8 Å². The van der Waals surface area contributed by atoms with E-state index >= 15 is 0 Å². The predicted molar refractivity (Wildman–Crippen MR) is 124 cm³/mol. The quantitative estimate of drug-likeness (QED) is 0.338. The van der Waals surface area contributed by atoms with Gasteiger partial charge in [-0.25, -0.2) is 0 Å². The van der Waals surface area contributed by atoms with Crippen LogP contribution in [0, 0.1) is 29.6 Å². The second kappa shape index (κ2) is 12.1. The molecular formula is C28H40O. The molecule has 2 fully saturated rings. The van der Waals surface area contributed by atoms with Crippen molar-refractivity contribution in [2.24, 2.45) is 17.8 Å². The second-order valence-corrected chi connectivity index (χ2v) is 9.16. The predicted octanol–water partition coefficient (Wildman–Crippen LogP) is 7.92. The number of ether oxygens (including phenoxy) is 1. The lowest BCUT2D eigenvalue weighted by molar-refractivity contribution is 0.304. The molecule has 0 unspecified atom stereocenters. The van der Waals surface area contributed by atoms with Crippen molar-refractivity contribution in [3.8, 4) is 17.6 Å². The number of benzene rings is 1. The zero-order valence-electron chi connectivity index (χ0n) is 18.7. The molecule has 2 aliphatic rings. The van der Waals surface area contributed by atoms with Crippen LogP contribution in [-0.2, 0) is 0 Å². The molecule has 0 saturated heterocycles. The van der Waals surface area contributed by atoms with Crippen LogP contribution in [0.2, 0.25) is 0 Å². The minimum absolute atomic E-state index is 0.586. The fourth-order valence-electron chi connectivity index (χ4n) is 4.88. The van der Waals surface area contributed by atoms with E-state index in [2.05, 4.69) is 62.1 Å². The molecule has 0 radical (unpaired) electrons. The molecule has 0 bridgehead atoms. The summed E-state index contributed by atoms with van der Waals surface area (Å²) in [4.78, 5) is 0. The van der Waals surface area contributed by atoms with Gasteiger partial charge in [-0.05, 0) is 99.3 Å². The maximum Gasteiger partial charge on any atom is 0.119 e. The van der Waals surface area contributed by atoms with Crippen LogP contribution in [0.4, 0.5) is 0 Å². The van der Waals surface area contributed by atoms with Crippen molar-refractivity contribution in [3.63, 3.8) is 0 Å². The lowest BCUT2D eigenvalue weighted by Gasteiger charge is -2.26. The van der Waals surface area contributed by atoms with E-state index in [-0.39, 0.29) is 0 Å². The molecule has 0 aromatic heterocycles. The first kappa shape index (κ1) is 22.0. The standard InChI is InChI=1S/C28H40O/c1-3-5-22-29-28-20-18-27(19-21-28)26-16-14-25(15-17-26)9-7-6-8-24-12-10-23(4-2)11-13-24/h6,8,18-21,23-26H,3-5,10-17,22H2,1-2H3. The van der Waals surface area contributed by atoms with Gasteiger partial charge in [-0.2, -0.15) is 0 Å². The van der Waals surface area contributed by atoms with Gasteiger partial charge in [0.1, 0.15) is 5.75 Å². The topological polar surface area (TPSA) is 9.23 Å². The van der Waals surface area contributed by atoms with Crippen LogP contribution in [0.15, 0.2) is 36.4 Å². The van der Waals surface area contributed by atoms with E-state index in [4.69, 9.17) is 4.74 Å². The van der Waals surface area contributed by atoms with Crippen molar-refractivity contribution in [1.82, 2.24) is 0 Å². The number of hydrogen-bond donors (Lipinski definition) is 0. The van der Waals surface area contributed by atoms with Gasteiger partial charge in [0.05, 0.1) is 6.61 Å². The Hall–Kier alpha value is -1.68. The number of unbranched alkanes of at least 4 members (excludes halogenated alkanes) is 1. The summed E-state index contributed by atoms with van der Waals surface area (Å²) < 4.78 is 5.79. The van der Waals surface area contributed by atoms with Crippen molar-refractivity contribution in [2.75, 3.05) is 6.61 Å². The molecular weight excluding hydrogens is 352 g/mol. The highest BCUT2D eigenvalue weighted by Gasteiger charge is 2.21. The zero-order valence-corrected chi connectivity index (χ0v) is 18.7. The Labute approximate surface area is 179 Å². The lowest BCUT2D eigenvalue weighted by Crippen LogP contribution is -2.12. The van der Waals surface area contributed by atoms with E-state index < -0.39 is 0 Å². The van der Waals surface area contributed by atoms with E-state index in [1.807, 2.05) is 0 Å². The first-order chi connectivity index (χ1) is 14.3. The molecule has 2 saturated carbocycles. The van der Waals surface area contributed by atoms with Crippen molar-refractivity contribution in [3.05, 3.63) is 42.0 Å². The van der Waals surface area contributed by atoms with Gasteiger partial charge in [0, 0.05) is 5.92 Å². The molecule has 1 heteroatoms. The molecule has 1 aromatic rings. The highest BCUT2D eigenvalue weighted by atomic mass is 16.5. The summed E-state index contributed by atoms with van der Waals surface area (Å²) in [5.41, 5.74) is 1.47. The molecule has 0 spiro atoms. The molecule has 0 aliphatic heterocycles. The second-order valence-electron chi connectivity index (χ2n) is 9.16. The fraction of sp³-hybridized carbons (Fsp3) is 0.643. The average Bonchev–Trinajstić information content (AvgIpc) is 2.78. The summed E-state index contributed by atoms with van der Waals surface area (Å²) in [5, 5.41) is 0. The van der Waals surface area contributed by atoms with Crippen LogP contribution in [-0.4, -0.2) is 6.61 Å².